The predicted molar refractivity (Wildman–Crippen MR) is 59.0 cm³/mol. The maximum Gasteiger partial charge on any atom is 0.0969 e. The molecule has 2 nitrogen and oxygen atoms in total. The van der Waals surface area contributed by atoms with E-state index >= 15 is 0 Å². The highest BCUT2D eigenvalue weighted by Gasteiger charge is 1.90. The Morgan fingerprint density at radius 2 is 2.00 bits per heavy atom. The van der Waals surface area contributed by atoms with Gasteiger partial charge in [0.05, 0.1) is 13.3 Å². The fraction of sp³-hybridized carbons (Fsp3) is 0.500. The van der Waals surface area contributed by atoms with Crippen LogP contribution in [0, 0.1) is 0 Å². The summed E-state index contributed by atoms with van der Waals surface area (Å²) in [4.78, 5) is 0. The first kappa shape index (κ1) is 11.2. The molecule has 0 spiro atoms. The Bertz CT molecular complexity index is 223. The molecular weight excluding hydrogens is 174 g/mol. The van der Waals surface area contributed by atoms with Crippen LogP contribution in [0.25, 0.3) is 0 Å². The van der Waals surface area contributed by atoms with Crippen molar-refractivity contribution in [3.05, 3.63) is 35.9 Å². The van der Waals surface area contributed by atoms with Crippen molar-refractivity contribution in [3.63, 3.8) is 0 Å². The van der Waals surface area contributed by atoms with Crippen LogP contribution in [0.4, 0.5) is 0 Å². The molecule has 0 atom stereocenters. The van der Waals surface area contributed by atoms with E-state index in [1.54, 1.807) is 0 Å². The summed E-state index contributed by atoms with van der Waals surface area (Å²) in [7, 11) is 0. The molecule has 0 aliphatic heterocycles. The van der Waals surface area contributed by atoms with Gasteiger partial charge in [0.2, 0.25) is 0 Å². The van der Waals surface area contributed by atoms with E-state index in [1.165, 1.54) is 18.4 Å². The van der Waals surface area contributed by atoms with Crippen LogP contribution in [0.5, 0.6) is 0 Å². The fourth-order valence-corrected chi connectivity index (χ4v) is 1.19. The molecule has 0 aromatic heterocycles. The van der Waals surface area contributed by atoms with Crippen LogP contribution in [-0.2, 0) is 11.3 Å². The van der Waals surface area contributed by atoms with Gasteiger partial charge >= 0.3 is 0 Å². The lowest BCUT2D eigenvalue weighted by atomic mass is 10.2. The molecule has 0 bridgehead atoms. The van der Waals surface area contributed by atoms with Gasteiger partial charge in [0.1, 0.15) is 0 Å². The minimum Gasteiger partial charge on any atom is -0.362 e. The summed E-state index contributed by atoms with van der Waals surface area (Å²) >= 11 is 0. The third kappa shape index (κ3) is 5.00. The molecule has 0 aliphatic rings. The number of unbranched alkanes of at least 4 members (excludes halogenated alkanes) is 1. The molecule has 0 heterocycles. The number of benzene rings is 1. The molecule has 0 fully saturated rings. The van der Waals surface area contributed by atoms with Crippen molar-refractivity contribution in [2.75, 3.05) is 13.3 Å². The summed E-state index contributed by atoms with van der Waals surface area (Å²) in [5, 5.41) is 3.23. The van der Waals surface area contributed by atoms with E-state index in [4.69, 9.17) is 4.74 Å². The van der Waals surface area contributed by atoms with Crippen molar-refractivity contribution < 1.29 is 4.74 Å². The summed E-state index contributed by atoms with van der Waals surface area (Å²) in [5.41, 5.74) is 1.23. The van der Waals surface area contributed by atoms with E-state index in [9.17, 15) is 0 Å². The van der Waals surface area contributed by atoms with Crippen molar-refractivity contribution >= 4 is 0 Å². The Balaban J connectivity index is 1.99. The van der Waals surface area contributed by atoms with Gasteiger partial charge in [-0.15, -0.1) is 0 Å². The molecular formula is C12H19NO. The quantitative estimate of drug-likeness (QED) is 0.531. The van der Waals surface area contributed by atoms with E-state index in [0.717, 1.165) is 6.54 Å². The Hall–Kier alpha value is -0.860. The molecule has 1 aromatic carbocycles. The average molecular weight is 193 g/mol. The first-order chi connectivity index (χ1) is 6.93. The third-order valence-electron chi connectivity index (χ3n) is 2.02. The van der Waals surface area contributed by atoms with Crippen LogP contribution < -0.4 is 5.32 Å². The van der Waals surface area contributed by atoms with Crippen LogP contribution in [0.1, 0.15) is 25.3 Å². The van der Waals surface area contributed by atoms with Crippen molar-refractivity contribution in [1.82, 2.24) is 5.32 Å². The number of hydrogen-bond acceptors (Lipinski definition) is 2. The van der Waals surface area contributed by atoms with Gasteiger partial charge in [0, 0.05) is 0 Å². The molecule has 14 heavy (non-hydrogen) atoms. The third-order valence-corrected chi connectivity index (χ3v) is 2.02. The molecule has 78 valence electrons. The normalized spacial score (nSPS) is 10.4. The van der Waals surface area contributed by atoms with Crippen molar-refractivity contribution in [2.24, 2.45) is 0 Å². The van der Waals surface area contributed by atoms with E-state index in [2.05, 4.69) is 24.4 Å². The van der Waals surface area contributed by atoms with E-state index in [-0.39, 0.29) is 0 Å². The Kier molecular flexibility index (Phi) is 6.04. The Labute approximate surface area is 86.3 Å². The minimum atomic E-state index is 0.648. The van der Waals surface area contributed by atoms with E-state index in [1.807, 2.05) is 18.2 Å². The number of nitrogens with one attached hydrogen (secondary N) is 1. The van der Waals surface area contributed by atoms with E-state index in [0.29, 0.717) is 13.3 Å². The molecule has 0 radical (unpaired) electrons. The Morgan fingerprint density at radius 1 is 1.21 bits per heavy atom. The topological polar surface area (TPSA) is 21.3 Å². The SMILES string of the molecule is CCCCNCOCc1ccccc1. The maximum absolute atomic E-state index is 5.46. The summed E-state index contributed by atoms with van der Waals surface area (Å²) in [6, 6.07) is 10.2. The zero-order chi connectivity index (χ0) is 10.1. The van der Waals surface area contributed by atoms with Gasteiger partial charge in [-0.1, -0.05) is 43.7 Å². The summed E-state index contributed by atoms with van der Waals surface area (Å²) in [6.07, 6.45) is 2.44. The van der Waals surface area contributed by atoms with Crippen LogP contribution in [0.3, 0.4) is 0 Å². The second-order valence-corrected chi connectivity index (χ2v) is 3.33. The minimum absolute atomic E-state index is 0.648. The fourth-order valence-electron chi connectivity index (χ4n) is 1.19. The van der Waals surface area contributed by atoms with E-state index < -0.39 is 0 Å². The molecule has 1 rings (SSSR count). The second-order valence-electron chi connectivity index (χ2n) is 3.33. The first-order valence-electron chi connectivity index (χ1n) is 5.26. The molecule has 0 unspecified atom stereocenters. The van der Waals surface area contributed by atoms with Crippen molar-refractivity contribution in [1.29, 1.82) is 0 Å². The van der Waals surface area contributed by atoms with Crippen LogP contribution in [0.15, 0.2) is 30.3 Å². The largest absolute Gasteiger partial charge is 0.362 e. The van der Waals surface area contributed by atoms with Gasteiger partial charge < -0.3 is 4.74 Å². The summed E-state index contributed by atoms with van der Waals surface area (Å²) < 4.78 is 5.46. The highest BCUT2D eigenvalue weighted by Crippen LogP contribution is 1.99. The zero-order valence-electron chi connectivity index (χ0n) is 8.83. The number of rotatable bonds is 7. The van der Waals surface area contributed by atoms with Crippen LogP contribution >= 0.6 is 0 Å². The lowest BCUT2D eigenvalue weighted by Gasteiger charge is -2.05. The second kappa shape index (κ2) is 7.54. The number of ether oxygens (including phenoxy) is 1. The monoisotopic (exact) mass is 193 g/mol. The smallest absolute Gasteiger partial charge is 0.0969 e. The van der Waals surface area contributed by atoms with Gasteiger partial charge in [-0.25, -0.2) is 0 Å². The lowest BCUT2D eigenvalue weighted by Crippen LogP contribution is -2.18. The molecule has 0 saturated heterocycles. The number of hydrogen-bond donors (Lipinski definition) is 1. The molecule has 2 heteroatoms. The van der Waals surface area contributed by atoms with Gasteiger partial charge in [-0.2, -0.15) is 0 Å². The van der Waals surface area contributed by atoms with Crippen LogP contribution in [-0.4, -0.2) is 13.3 Å². The average Bonchev–Trinajstić information content (AvgIpc) is 2.25. The standard InChI is InChI=1S/C12H19NO/c1-2-3-9-13-11-14-10-12-7-5-4-6-8-12/h4-8,13H,2-3,9-11H2,1H3. The van der Waals surface area contributed by atoms with Gasteiger partial charge in [-0.05, 0) is 18.5 Å². The lowest BCUT2D eigenvalue weighted by molar-refractivity contribution is 0.103. The van der Waals surface area contributed by atoms with Gasteiger partial charge in [0.15, 0.2) is 0 Å². The van der Waals surface area contributed by atoms with Crippen molar-refractivity contribution in [3.8, 4) is 0 Å². The first-order valence-corrected chi connectivity index (χ1v) is 5.26. The van der Waals surface area contributed by atoms with Crippen LogP contribution in [0.2, 0.25) is 0 Å². The summed E-state index contributed by atoms with van der Waals surface area (Å²) in [5.74, 6) is 0. The molecule has 0 saturated carbocycles. The summed E-state index contributed by atoms with van der Waals surface area (Å²) in [6.45, 7) is 4.58. The Morgan fingerprint density at radius 3 is 2.71 bits per heavy atom. The molecule has 0 amide bonds. The van der Waals surface area contributed by atoms with Gasteiger partial charge in [0.25, 0.3) is 0 Å². The predicted octanol–water partition coefficient (Wildman–Crippen LogP) is 2.55. The highest BCUT2D eigenvalue weighted by atomic mass is 16.5. The maximum atomic E-state index is 5.46. The zero-order valence-corrected chi connectivity index (χ0v) is 8.83. The molecule has 1 aromatic rings. The van der Waals surface area contributed by atoms with Gasteiger partial charge in [-0.3, -0.25) is 5.32 Å². The molecule has 1 N–H and O–H groups in total. The molecule has 0 aliphatic carbocycles. The van der Waals surface area contributed by atoms with Crippen molar-refractivity contribution in [2.45, 2.75) is 26.4 Å². The highest BCUT2D eigenvalue weighted by molar-refractivity contribution is 5.13.